The number of ether oxygens (including phenoxy) is 1. The summed E-state index contributed by atoms with van der Waals surface area (Å²) in [6.45, 7) is 2.81. The van der Waals surface area contributed by atoms with Crippen molar-refractivity contribution >= 4 is 41.2 Å². The number of halogens is 1. The van der Waals surface area contributed by atoms with Crippen molar-refractivity contribution in [2.45, 2.75) is 0 Å². The minimum atomic E-state index is -0.525. The van der Waals surface area contributed by atoms with Gasteiger partial charge < -0.3 is 19.4 Å². The number of rotatable bonds is 3. The summed E-state index contributed by atoms with van der Waals surface area (Å²) in [4.78, 5) is 27.9. The fraction of sp³-hybridized carbons (Fsp3) is 0.222. The van der Waals surface area contributed by atoms with Gasteiger partial charge in [0.1, 0.15) is 11.5 Å². The van der Waals surface area contributed by atoms with Crippen LogP contribution in [0.2, 0.25) is 5.02 Å². The van der Waals surface area contributed by atoms with E-state index in [9.17, 15) is 9.59 Å². The van der Waals surface area contributed by atoms with Crippen molar-refractivity contribution in [3.8, 4) is 0 Å². The van der Waals surface area contributed by atoms with Crippen LogP contribution in [0.3, 0.4) is 0 Å². The molecule has 134 valence electrons. The first-order valence-corrected chi connectivity index (χ1v) is 8.55. The van der Waals surface area contributed by atoms with E-state index in [4.69, 9.17) is 20.8 Å². The Morgan fingerprint density at radius 1 is 1.12 bits per heavy atom. The normalized spacial score (nSPS) is 19.3. The van der Waals surface area contributed by atoms with Gasteiger partial charge in [0.05, 0.1) is 18.9 Å². The number of carbonyl (C=O) groups is 2. The number of morpholine rings is 1. The van der Waals surface area contributed by atoms with E-state index in [1.165, 1.54) is 6.08 Å². The lowest BCUT2D eigenvalue weighted by molar-refractivity contribution is -0.113. The maximum atomic E-state index is 12.6. The quantitative estimate of drug-likeness (QED) is 0.661. The van der Waals surface area contributed by atoms with Gasteiger partial charge in [-0.3, -0.25) is 4.79 Å². The third kappa shape index (κ3) is 3.18. The molecule has 0 bridgehead atoms. The lowest BCUT2D eigenvalue weighted by atomic mass is 10.2. The first-order chi connectivity index (χ1) is 12.6. The van der Waals surface area contributed by atoms with E-state index in [2.05, 4.69) is 10.2 Å². The SMILES string of the molecule is O=C1N/C(=C\c2ccc(N3CCOCC3)o2)C(=O)N1c1cccc(Cl)c1. The number of anilines is 2. The first-order valence-electron chi connectivity index (χ1n) is 8.17. The van der Waals surface area contributed by atoms with E-state index in [0.29, 0.717) is 35.6 Å². The molecule has 0 radical (unpaired) electrons. The monoisotopic (exact) mass is 373 g/mol. The minimum absolute atomic E-state index is 0.151. The minimum Gasteiger partial charge on any atom is -0.441 e. The Morgan fingerprint density at radius 3 is 2.69 bits per heavy atom. The number of hydrogen-bond acceptors (Lipinski definition) is 5. The third-order valence-electron chi connectivity index (χ3n) is 4.17. The Balaban J connectivity index is 1.56. The van der Waals surface area contributed by atoms with Crippen LogP contribution in [-0.4, -0.2) is 38.2 Å². The predicted molar refractivity (Wildman–Crippen MR) is 97.2 cm³/mol. The van der Waals surface area contributed by atoms with Gasteiger partial charge in [-0.1, -0.05) is 17.7 Å². The van der Waals surface area contributed by atoms with Crippen LogP contribution in [0.15, 0.2) is 46.5 Å². The molecular weight excluding hydrogens is 358 g/mol. The molecule has 2 saturated heterocycles. The molecule has 4 rings (SSSR count). The zero-order chi connectivity index (χ0) is 18.1. The van der Waals surface area contributed by atoms with Crippen molar-refractivity contribution in [1.82, 2.24) is 5.32 Å². The third-order valence-corrected chi connectivity index (χ3v) is 4.40. The topological polar surface area (TPSA) is 75.0 Å². The number of carbonyl (C=O) groups excluding carboxylic acids is 2. The van der Waals surface area contributed by atoms with Gasteiger partial charge in [0.2, 0.25) is 0 Å². The zero-order valence-electron chi connectivity index (χ0n) is 13.8. The molecule has 0 aliphatic carbocycles. The van der Waals surface area contributed by atoms with E-state index in [-0.39, 0.29) is 5.70 Å². The molecular formula is C18H16ClN3O4. The highest BCUT2D eigenvalue weighted by Gasteiger charge is 2.35. The summed E-state index contributed by atoms with van der Waals surface area (Å²) < 4.78 is 11.1. The highest BCUT2D eigenvalue weighted by molar-refractivity contribution is 6.32. The van der Waals surface area contributed by atoms with E-state index >= 15 is 0 Å². The largest absolute Gasteiger partial charge is 0.441 e. The fourth-order valence-electron chi connectivity index (χ4n) is 2.90. The van der Waals surface area contributed by atoms with Crippen molar-refractivity contribution in [1.29, 1.82) is 0 Å². The summed E-state index contributed by atoms with van der Waals surface area (Å²) in [6.07, 6.45) is 1.52. The fourth-order valence-corrected chi connectivity index (χ4v) is 3.09. The molecule has 7 nitrogen and oxygen atoms in total. The number of furan rings is 1. The summed E-state index contributed by atoms with van der Waals surface area (Å²) in [6, 6.07) is 9.65. The molecule has 0 spiro atoms. The van der Waals surface area contributed by atoms with Crippen LogP contribution < -0.4 is 15.1 Å². The molecule has 2 aliphatic heterocycles. The maximum Gasteiger partial charge on any atom is 0.333 e. The van der Waals surface area contributed by atoms with Crippen LogP contribution in [-0.2, 0) is 9.53 Å². The average molecular weight is 374 g/mol. The van der Waals surface area contributed by atoms with Crippen LogP contribution in [0, 0.1) is 0 Å². The van der Waals surface area contributed by atoms with E-state index in [0.717, 1.165) is 18.0 Å². The van der Waals surface area contributed by atoms with Gasteiger partial charge in [0.15, 0.2) is 5.88 Å². The molecule has 1 N–H and O–H groups in total. The lowest BCUT2D eigenvalue weighted by Gasteiger charge is -2.26. The van der Waals surface area contributed by atoms with Gasteiger partial charge in [-0.15, -0.1) is 0 Å². The molecule has 2 aliphatic rings. The van der Waals surface area contributed by atoms with Crippen molar-refractivity contribution < 1.29 is 18.7 Å². The molecule has 3 amide bonds. The molecule has 2 fully saturated rings. The number of benzene rings is 1. The van der Waals surface area contributed by atoms with Crippen molar-refractivity contribution in [3.63, 3.8) is 0 Å². The van der Waals surface area contributed by atoms with Gasteiger partial charge in [0, 0.05) is 30.3 Å². The van der Waals surface area contributed by atoms with E-state index in [1.54, 1.807) is 30.3 Å². The molecule has 26 heavy (non-hydrogen) atoms. The average Bonchev–Trinajstić information content (AvgIpc) is 3.21. The van der Waals surface area contributed by atoms with Gasteiger partial charge >= 0.3 is 6.03 Å². The van der Waals surface area contributed by atoms with Gasteiger partial charge in [-0.2, -0.15) is 0 Å². The summed E-state index contributed by atoms with van der Waals surface area (Å²) in [5, 5.41) is 3.02. The van der Waals surface area contributed by atoms with Crippen LogP contribution in [0.4, 0.5) is 16.4 Å². The number of hydrogen-bond donors (Lipinski definition) is 1. The predicted octanol–water partition coefficient (Wildman–Crippen LogP) is 2.87. The Hall–Kier alpha value is -2.77. The number of imide groups is 1. The highest BCUT2D eigenvalue weighted by atomic mass is 35.5. The Bertz CT molecular complexity index is 886. The van der Waals surface area contributed by atoms with Crippen molar-refractivity contribution in [3.05, 3.63) is 52.9 Å². The number of urea groups is 1. The van der Waals surface area contributed by atoms with Crippen molar-refractivity contribution in [2.75, 3.05) is 36.1 Å². The molecule has 0 unspecified atom stereocenters. The Kier molecular flexibility index (Phi) is 4.40. The second-order valence-electron chi connectivity index (χ2n) is 5.88. The summed E-state index contributed by atoms with van der Waals surface area (Å²) >= 11 is 5.95. The summed E-state index contributed by atoms with van der Waals surface area (Å²) in [5.74, 6) is 0.744. The second kappa shape index (κ2) is 6.86. The Labute approximate surface area is 154 Å². The smallest absolute Gasteiger partial charge is 0.333 e. The molecule has 0 saturated carbocycles. The van der Waals surface area contributed by atoms with E-state index < -0.39 is 11.9 Å². The second-order valence-corrected chi connectivity index (χ2v) is 6.32. The highest BCUT2D eigenvalue weighted by Crippen LogP contribution is 2.26. The molecule has 8 heteroatoms. The molecule has 3 heterocycles. The van der Waals surface area contributed by atoms with Gasteiger partial charge in [-0.25, -0.2) is 9.69 Å². The zero-order valence-corrected chi connectivity index (χ0v) is 14.5. The Morgan fingerprint density at radius 2 is 1.92 bits per heavy atom. The number of nitrogens with zero attached hydrogens (tertiary/aromatic N) is 2. The molecule has 1 aromatic heterocycles. The van der Waals surface area contributed by atoms with E-state index in [1.807, 2.05) is 6.07 Å². The lowest BCUT2D eigenvalue weighted by Crippen LogP contribution is -2.35. The molecule has 0 atom stereocenters. The van der Waals surface area contributed by atoms with Crippen LogP contribution in [0.5, 0.6) is 0 Å². The summed E-state index contributed by atoms with van der Waals surface area (Å²) in [5.41, 5.74) is 0.565. The van der Waals surface area contributed by atoms with Crippen LogP contribution in [0.1, 0.15) is 5.76 Å². The number of nitrogens with one attached hydrogen (secondary N) is 1. The van der Waals surface area contributed by atoms with Crippen molar-refractivity contribution in [2.24, 2.45) is 0 Å². The van der Waals surface area contributed by atoms with Gasteiger partial charge in [0.25, 0.3) is 5.91 Å². The molecule has 1 aromatic carbocycles. The van der Waals surface area contributed by atoms with Gasteiger partial charge in [-0.05, 0) is 24.3 Å². The molecule has 2 aromatic rings. The van der Waals surface area contributed by atoms with Crippen LogP contribution in [0.25, 0.3) is 6.08 Å². The summed E-state index contributed by atoms with van der Waals surface area (Å²) in [7, 11) is 0. The van der Waals surface area contributed by atoms with Crippen LogP contribution >= 0.6 is 11.6 Å². The maximum absolute atomic E-state index is 12.6. The first kappa shape index (κ1) is 16.7. The number of amides is 3. The standard InChI is InChI=1S/C18H16ClN3O4/c19-12-2-1-3-13(10-12)22-17(23)15(20-18(22)24)11-14-4-5-16(26-14)21-6-8-25-9-7-21/h1-5,10-11H,6-9H2,(H,20,24)/b15-11-.